The molecule has 1 aromatic heterocycles. The molecule has 0 unspecified atom stereocenters. The van der Waals surface area contributed by atoms with Gasteiger partial charge in [0.15, 0.2) is 0 Å². The van der Waals surface area contributed by atoms with E-state index in [1.54, 1.807) is 11.8 Å². The second-order valence-corrected chi connectivity index (χ2v) is 3.05. The molecule has 56 valence electrons. The molecule has 10 heavy (non-hydrogen) atoms. The minimum absolute atomic E-state index is 0.836. The van der Waals surface area contributed by atoms with Crippen molar-refractivity contribution in [2.75, 3.05) is 6.26 Å². The summed E-state index contributed by atoms with van der Waals surface area (Å²) < 4.78 is 5.32. The van der Waals surface area contributed by atoms with Gasteiger partial charge in [0.05, 0.1) is 11.4 Å². The van der Waals surface area contributed by atoms with E-state index in [2.05, 4.69) is 4.98 Å². The molecule has 0 N–H and O–H groups in total. The van der Waals surface area contributed by atoms with Crippen LogP contribution in [0.25, 0.3) is 0 Å². The Labute approximate surface area is 65.0 Å². The van der Waals surface area contributed by atoms with Crippen molar-refractivity contribution < 1.29 is 4.42 Å². The SMILES string of the molecule is CSCc1nc(C)c(C)o1. The highest BCUT2D eigenvalue weighted by Gasteiger charge is 2.02. The van der Waals surface area contributed by atoms with Crippen LogP contribution in [0.5, 0.6) is 0 Å². The standard InChI is InChI=1S/C7H11NOS/c1-5-6(2)9-7(8-5)4-10-3/h4H2,1-3H3. The van der Waals surface area contributed by atoms with Crippen LogP contribution in [0.1, 0.15) is 17.3 Å². The zero-order valence-corrected chi connectivity index (χ0v) is 7.29. The van der Waals surface area contributed by atoms with Gasteiger partial charge in [0.2, 0.25) is 5.89 Å². The molecule has 0 aliphatic carbocycles. The summed E-state index contributed by atoms with van der Waals surface area (Å²) in [5, 5.41) is 0. The van der Waals surface area contributed by atoms with E-state index in [0.717, 1.165) is 23.1 Å². The lowest BCUT2D eigenvalue weighted by atomic mass is 10.4. The van der Waals surface area contributed by atoms with Crippen LogP contribution in [0, 0.1) is 13.8 Å². The summed E-state index contributed by atoms with van der Waals surface area (Å²) in [5.41, 5.74) is 1.00. The fraction of sp³-hybridized carbons (Fsp3) is 0.571. The van der Waals surface area contributed by atoms with Crippen molar-refractivity contribution in [3.63, 3.8) is 0 Å². The Bertz CT molecular complexity index is 200. The lowest BCUT2D eigenvalue weighted by Gasteiger charge is -1.85. The molecule has 1 rings (SSSR count). The summed E-state index contributed by atoms with van der Waals surface area (Å²) in [5.74, 6) is 2.64. The first-order chi connectivity index (χ1) is 4.74. The van der Waals surface area contributed by atoms with E-state index in [1.165, 1.54) is 0 Å². The topological polar surface area (TPSA) is 26.0 Å². The number of aryl methyl sites for hydroxylation is 2. The Hall–Kier alpha value is -0.440. The molecular weight excluding hydrogens is 146 g/mol. The summed E-state index contributed by atoms with van der Waals surface area (Å²) in [6, 6.07) is 0. The molecule has 0 amide bonds. The highest BCUT2D eigenvalue weighted by molar-refractivity contribution is 7.97. The van der Waals surface area contributed by atoms with Gasteiger partial charge in [-0.25, -0.2) is 4.98 Å². The van der Waals surface area contributed by atoms with Crippen molar-refractivity contribution in [1.29, 1.82) is 0 Å². The maximum atomic E-state index is 5.32. The molecule has 0 aliphatic rings. The van der Waals surface area contributed by atoms with Gasteiger partial charge in [0.1, 0.15) is 5.76 Å². The first-order valence-electron chi connectivity index (χ1n) is 3.16. The van der Waals surface area contributed by atoms with Crippen LogP contribution in [0.15, 0.2) is 4.42 Å². The van der Waals surface area contributed by atoms with Crippen molar-refractivity contribution in [2.45, 2.75) is 19.6 Å². The highest BCUT2D eigenvalue weighted by atomic mass is 32.2. The Kier molecular flexibility index (Phi) is 2.38. The zero-order chi connectivity index (χ0) is 7.56. The number of nitrogens with zero attached hydrogens (tertiary/aromatic N) is 1. The van der Waals surface area contributed by atoms with Crippen molar-refractivity contribution >= 4 is 11.8 Å². The van der Waals surface area contributed by atoms with E-state index in [4.69, 9.17) is 4.42 Å². The molecule has 1 aromatic rings. The van der Waals surface area contributed by atoms with E-state index in [0.29, 0.717) is 0 Å². The van der Waals surface area contributed by atoms with Gasteiger partial charge in [-0.1, -0.05) is 0 Å². The maximum Gasteiger partial charge on any atom is 0.204 e. The summed E-state index contributed by atoms with van der Waals surface area (Å²) in [6.07, 6.45) is 2.04. The number of hydrogen-bond donors (Lipinski definition) is 0. The number of hydrogen-bond acceptors (Lipinski definition) is 3. The van der Waals surface area contributed by atoms with Gasteiger partial charge in [0.25, 0.3) is 0 Å². The zero-order valence-electron chi connectivity index (χ0n) is 6.47. The van der Waals surface area contributed by atoms with E-state index in [9.17, 15) is 0 Å². The van der Waals surface area contributed by atoms with Crippen molar-refractivity contribution in [2.24, 2.45) is 0 Å². The lowest BCUT2D eigenvalue weighted by molar-refractivity contribution is 0.490. The van der Waals surface area contributed by atoms with Crippen molar-refractivity contribution in [3.8, 4) is 0 Å². The average molecular weight is 157 g/mol. The van der Waals surface area contributed by atoms with Crippen LogP contribution in [-0.4, -0.2) is 11.2 Å². The summed E-state index contributed by atoms with van der Waals surface area (Å²) in [7, 11) is 0. The molecule has 0 bridgehead atoms. The van der Waals surface area contributed by atoms with Crippen LogP contribution in [0.3, 0.4) is 0 Å². The predicted molar refractivity (Wildman–Crippen MR) is 43.2 cm³/mol. The average Bonchev–Trinajstić information content (AvgIpc) is 2.14. The third-order valence-corrected chi connectivity index (χ3v) is 1.88. The number of thioether (sulfide) groups is 1. The molecular formula is C7H11NOS. The van der Waals surface area contributed by atoms with E-state index in [1.807, 2.05) is 20.1 Å². The van der Waals surface area contributed by atoms with Crippen molar-refractivity contribution in [3.05, 3.63) is 17.3 Å². The van der Waals surface area contributed by atoms with E-state index in [-0.39, 0.29) is 0 Å². The number of oxazole rings is 1. The van der Waals surface area contributed by atoms with Crippen LogP contribution >= 0.6 is 11.8 Å². The summed E-state index contributed by atoms with van der Waals surface area (Å²) >= 11 is 1.72. The summed E-state index contributed by atoms with van der Waals surface area (Å²) in [4.78, 5) is 4.21. The fourth-order valence-corrected chi connectivity index (χ4v) is 1.09. The van der Waals surface area contributed by atoms with Crippen LogP contribution < -0.4 is 0 Å². The van der Waals surface area contributed by atoms with Gasteiger partial charge in [-0.3, -0.25) is 0 Å². The lowest BCUT2D eigenvalue weighted by Crippen LogP contribution is -1.77. The van der Waals surface area contributed by atoms with E-state index >= 15 is 0 Å². The molecule has 0 saturated heterocycles. The molecule has 3 heteroatoms. The Morgan fingerprint density at radius 3 is 2.60 bits per heavy atom. The molecule has 0 saturated carbocycles. The maximum absolute atomic E-state index is 5.32. The normalized spacial score (nSPS) is 10.3. The number of rotatable bonds is 2. The van der Waals surface area contributed by atoms with Crippen molar-refractivity contribution in [1.82, 2.24) is 4.98 Å². The van der Waals surface area contributed by atoms with Gasteiger partial charge in [-0.2, -0.15) is 11.8 Å². The van der Waals surface area contributed by atoms with Gasteiger partial charge in [-0.05, 0) is 20.1 Å². The largest absolute Gasteiger partial charge is 0.445 e. The molecule has 0 spiro atoms. The Morgan fingerprint density at radius 1 is 1.50 bits per heavy atom. The minimum Gasteiger partial charge on any atom is -0.445 e. The van der Waals surface area contributed by atoms with Gasteiger partial charge >= 0.3 is 0 Å². The monoisotopic (exact) mass is 157 g/mol. The Balaban J connectivity index is 2.77. The minimum atomic E-state index is 0.836. The van der Waals surface area contributed by atoms with Gasteiger partial charge in [0, 0.05) is 0 Å². The smallest absolute Gasteiger partial charge is 0.204 e. The van der Waals surface area contributed by atoms with Crippen LogP contribution in [0.4, 0.5) is 0 Å². The molecule has 1 heterocycles. The van der Waals surface area contributed by atoms with Crippen LogP contribution in [-0.2, 0) is 5.75 Å². The third-order valence-electron chi connectivity index (χ3n) is 1.34. The van der Waals surface area contributed by atoms with Gasteiger partial charge < -0.3 is 4.42 Å². The first kappa shape index (κ1) is 7.66. The highest BCUT2D eigenvalue weighted by Crippen LogP contribution is 2.12. The quantitative estimate of drug-likeness (QED) is 0.658. The third kappa shape index (κ3) is 1.53. The summed E-state index contributed by atoms with van der Waals surface area (Å²) in [6.45, 7) is 3.90. The first-order valence-corrected chi connectivity index (χ1v) is 4.55. The fourth-order valence-electron chi connectivity index (χ4n) is 0.724. The molecule has 0 aliphatic heterocycles. The van der Waals surface area contributed by atoms with Crippen LogP contribution in [0.2, 0.25) is 0 Å². The second kappa shape index (κ2) is 3.10. The molecule has 2 nitrogen and oxygen atoms in total. The predicted octanol–water partition coefficient (Wildman–Crippen LogP) is 2.15. The number of aromatic nitrogens is 1. The molecule has 0 aromatic carbocycles. The van der Waals surface area contributed by atoms with Gasteiger partial charge in [-0.15, -0.1) is 0 Å². The Morgan fingerprint density at radius 2 is 2.20 bits per heavy atom. The second-order valence-electron chi connectivity index (χ2n) is 2.18. The van der Waals surface area contributed by atoms with E-state index < -0.39 is 0 Å². The molecule has 0 radical (unpaired) electrons. The molecule has 0 atom stereocenters. The molecule has 0 fully saturated rings.